The average molecular weight is 399 g/mol. The number of hydrogen-bond donors (Lipinski definition) is 1. The summed E-state index contributed by atoms with van der Waals surface area (Å²) in [6.45, 7) is 2.82. The molecular formula is C22H21N7O. The van der Waals surface area contributed by atoms with Gasteiger partial charge in [0.1, 0.15) is 17.3 Å². The van der Waals surface area contributed by atoms with Gasteiger partial charge in [0.05, 0.1) is 11.7 Å². The third-order valence-electron chi connectivity index (χ3n) is 5.06. The van der Waals surface area contributed by atoms with Crippen LogP contribution in [0.1, 0.15) is 30.3 Å². The van der Waals surface area contributed by atoms with Crippen LogP contribution in [-0.4, -0.2) is 31.6 Å². The molecule has 0 aromatic carbocycles. The average Bonchev–Trinajstić information content (AvgIpc) is 3.44. The van der Waals surface area contributed by atoms with Crippen molar-refractivity contribution in [2.24, 2.45) is 0 Å². The van der Waals surface area contributed by atoms with Crippen molar-refractivity contribution in [1.82, 2.24) is 25.1 Å². The Morgan fingerprint density at radius 1 is 0.967 bits per heavy atom. The van der Waals surface area contributed by atoms with Gasteiger partial charge < -0.3 is 14.7 Å². The summed E-state index contributed by atoms with van der Waals surface area (Å²) in [5, 5.41) is 7.48. The van der Waals surface area contributed by atoms with E-state index in [1.54, 1.807) is 12.4 Å². The summed E-state index contributed by atoms with van der Waals surface area (Å²) >= 11 is 0. The minimum Gasteiger partial charge on any atom is -0.358 e. The van der Waals surface area contributed by atoms with Crippen LogP contribution in [0.25, 0.3) is 11.4 Å². The van der Waals surface area contributed by atoms with Gasteiger partial charge in [0.15, 0.2) is 5.76 Å². The van der Waals surface area contributed by atoms with E-state index < -0.39 is 0 Å². The van der Waals surface area contributed by atoms with Crippen molar-refractivity contribution in [3.63, 3.8) is 0 Å². The first kappa shape index (κ1) is 18.2. The number of rotatable bonds is 5. The molecule has 1 saturated heterocycles. The summed E-state index contributed by atoms with van der Waals surface area (Å²) in [4.78, 5) is 20.3. The van der Waals surface area contributed by atoms with Gasteiger partial charge in [-0.2, -0.15) is 4.98 Å². The third-order valence-corrected chi connectivity index (χ3v) is 5.06. The molecule has 1 fully saturated rings. The Kier molecular flexibility index (Phi) is 4.80. The standard InChI is InChI=1S/C22H21N7O/c1-15-13-21(26-20-9-3-5-11-24-20)27-22(25-15)29-12-6-8-18(29)19-14-17(28-30-19)16-7-2-4-10-23-16/h2-5,7,9-11,13-14,18H,6,8,12H2,1H3,(H,24,25,26,27). The van der Waals surface area contributed by atoms with Crippen molar-refractivity contribution in [3.05, 3.63) is 72.4 Å². The van der Waals surface area contributed by atoms with Crippen LogP contribution in [0, 0.1) is 6.92 Å². The van der Waals surface area contributed by atoms with Gasteiger partial charge in [-0.3, -0.25) is 4.98 Å². The van der Waals surface area contributed by atoms with Crippen molar-refractivity contribution in [2.75, 3.05) is 16.8 Å². The van der Waals surface area contributed by atoms with Crippen LogP contribution >= 0.6 is 0 Å². The van der Waals surface area contributed by atoms with E-state index in [1.165, 1.54) is 0 Å². The Morgan fingerprint density at radius 2 is 1.83 bits per heavy atom. The van der Waals surface area contributed by atoms with Crippen LogP contribution in [0.4, 0.5) is 17.6 Å². The molecule has 0 aliphatic carbocycles. The van der Waals surface area contributed by atoms with Gasteiger partial charge in [-0.25, -0.2) is 9.97 Å². The smallest absolute Gasteiger partial charge is 0.228 e. The molecule has 1 aliphatic rings. The number of aryl methyl sites for hydroxylation is 1. The van der Waals surface area contributed by atoms with Crippen LogP contribution in [0.5, 0.6) is 0 Å². The molecule has 8 heteroatoms. The van der Waals surface area contributed by atoms with E-state index in [4.69, 9.17) is 9.51 Å². The summed E-state index contributed by atoms with van der Waals surface area (Å²) < 4.78 is 5.70. The highest BCUT2D eigenvalue weighted by molar-refractivity contribution is 5.56. The fourth-order valence-electron chi connectivity index (χ4n) is 3.70. The molecule has 5 rings (SSSR count). The van der Waals surface area contributed by atoms with Crippen LogP contribution < -0.4 is 10.2 Å². The maximum absolute atomic E-state index is 5.70. The molecule has 4 aromatic heterocycles. The minimum atomic E-state index is 0.0412. The molecule has 1 N–H and O–H groups in total. The largest absolute Gasteiger partial charge is 0.358 e. The van der Waals surface area contributed by atoms with Crippen molar-refractivity contribution in [2.45, 2.75) is 25.8 Å². The summed E-state index contributed by atoms with van der Waals surface area (Å²) in [7, 11) is 0. The highest BCUT2D eigenvalue weighted by atomic mass is 16.5. The molecule has 5 heterocycles. The van der Waals surface area contributed by atoms with Crippen molar-refractivity contribution in [1.29, 1.82) is 0 Å². The Hall–Kier alpha value is -3.81. The van der Waals surface area contributed by atoms with Gasteiger partial charge in [0.25, 0.3) is 0 Å². The van der Waals surface area contributed by atoms with E-state index in [1.807, 2.05) is 55.5 Å². The van der Waals surface area contributed by atoms with E-state index in [-0.39, 0.29) is 6.04 Å². The molecular weight excluding hydrogens is 378 g/mol. The second-order valence-electron chi connectivity index (χ2n) is 7.22. The fourth-order valence-corrected chi connectivity index (χ4v) is 3.70. The van der Waals surface area contributed by atoms with Crippen molar-refractivity contribution >= 4 is 17.6 Å². The molecule has 0 radical (unpaired) electrons. The number of anilines is 3. The summed E-state index contributed by atoms with van der Waals surface area (Å²) in [6, 6.07) is 15.4. The predicted octanol–water partition coefficient (Wildman–Crippen LogP) is 4.32. The topological polar surface area (TPSA) is 92.9 Å². The SMILES string of the molecule is Cc1cc(Nc2ccccn2)nc(N2CCCC2c2cc(-c3ccccn3)no2)n1. The maximum atomic E-state index is 5.70. The molecule has 4 aromatic rings. The number of hydrogen-bond acceptors (Lipinski definition) is 8. The summed E-state index contributed by atoms with van der Waals surface area (Å²) in [6.07, 6.45) is 5.49. The van der Waals surface area contributed by atoms with Gasteiger partial charge >= 0.3 is 0 Å². The second-order valence-corrected chi connectivity index (χ2v) is 7.22. The number of pyridine rings is 2. The predicted molar refractivity (Wildman–Crippen MR) is 113 cm³/mol. The highest BCUT2D eigenvalue weighted by Crippen LogP contribution is 2.36. The van der Waals surface area contributed by atoms with E-state index in [2.05, 4.69) is 30.3 Å². The molecule has 30 heavy (non-hydrogen) atoms. The van der Waals surface area contributed by atoms with E-state index in [9.17, 15) is 0 Å². The van der Waals surface area contributed by atoms with Crippen LogP contribution in [0.15, 0.2) is 65.4 Å². The van der Waals surface area contributed by atoms with Crippen LogP contribution in [0.3, 0.4) is 0 Å². The molecule has 1 unspecified atom stereocenters. The maximum Gasteiger partial charge on any atom is 0.228 e. The molecule has 0 bridgehead atoms. The zero-order valence-corrected chi connectivity index (χ0v) is 16.6. The van der Waals surface area contributed by atoms with E-state index >= 15 is 0 Å². The molecule has 150 valence electrons. The number of aromatic nitrogens is 5. The van der Waals surface area contributed by atoms with Crippen molar-refractivity contribution in [3.8, 4) is 11.4 Å². The normalized spacial score (nSPS) is 16.0. The van der Waals surface area contributed by atoms with Gasteiger partial charge in [-0.15, -0.1) is 0 Å². The second kappa shape index (κ2) is 7.90. The Balaban J connectivity index is 1.42. The van der Waals surface area contributed by atoms with E-state index in [0.717, 1.165) is 48.0 Å². The van der Waals surface area contributed by atoms with Gasteiger partial charge in [0, 0.05) is 36.8 Å². The first-order valence-corrected chi connectivity index (χ1v) is 9.95. The summed E-state index contributed by atoms with van der Waals surface area (Å²) in [5.74, 6) is 2.94. The minimum absolute atomic E-state index is 0.0412. The Labute approximate surface area is 174 Å². The quantitative estimate of drug-likeness (QED) is 0.530. The lowest BCUT2D eigenvalue weighted by Crippen LogP contribution is -2.25. The molecule has 0 saturated carbocycles. The summed E-state index contributed by atoms with van der Waals surface area (Å²) in [5.41, 5.74) is 2.42. The Morgan fingerprint density at radius 3 is 2.63 bits per heavy atom. The first-order valence-electron chi connectivity index (χ1n) is 9.95. The highest BCUT2D eigenvalue weighted by Gasteiger charge is 2.31. The zero-order valence-electron chi connectivity index (χ0n) is 16.6. The van der Waals surface area contributed by atoms with Crippen LogP contribution in [-0.2, 0) is 0 Å². The lowest BCUT2D eigenvalue weighted by Gasteiger charge is -2.23. The molecule has 8 nitrogen and oxygen atoms in total. The molecule has 0 amide bonds. The lowest BCUT2D eigenvalue weighted by molar-refractivity contribution is 0.362. The van der Waals surface area contributed by atoms with Crippen molar-refractivity contribution < 1.29 is 4.52 Å². The molecule has 1 aliphatic heterocycles. The molecule has 1 atom stereocenters. The van der Waals surface area contributed by atoms with Gasteiger partial charge in [-0.1, -0.05) is 17.3 Å². The number of nitrogens with zero attached hydrogens (tertiary/aromatic N) is 6. The molecule has 0 spiro atoms. The van der Waals surface area contributed by atoms with Gasteiger partial charge in [-0.05, 0) is 44.0 Å². The zero-order chi connectivity index (χ0) is 20.3. The first-order chi connectivity index (χ1) is 14.8. The van der Waals surface area contributed by atoms with Crippen LogP contribution in [0.2, 0.25) is 0 Å². The monoisotopic (exact) mass is 399 g/mol. The fraction of sp³-hybridized carbons (Fsp3) is 0.227. The lowest BCUT2D eigenvalue weighted by atomic mass is 10.1. The number of nitrogens with one attached hydrogen (secondary N) is 1. The Bertz CT molecular complexity index is 1130. The third kappa shape index (κ3) is 3.71. The van der Waals surface area contributed by atoms with E-state index in [0.29, 0.717) is 11.8 Å². The van der Waals surface area contributed by atoms with Gasteiger partial charge in [0.2, 0.25) is 5.95 Å².